The van der Waals surface area contributed by atoms with Crippen LogP contribution in [0.3, 0.4) is 0 Å². The maximum atomic E-state index is 10.8. The summed E-state index contributed by atoms with van der Waals surface area (Å²) in [4.78, 5) is 13.1. The minimum atomic E-state index is 0.126. The zero-order valence-electron chi connectivity index (χ0n) is 7.49. The quantitative estimate of drug-likeness (QED) is 0.589. The molecule has 2 atom stereocenters. The lowest BCUT2D eigenvalue weighted by Gasteiger charge is -2.38. The molecule has 2 rings (SSSR count). The second-order valence-electron chi connectivity index (χ2n) is 3.89. The van der Waals surface area contributed by atoms with E-state index in [1.807, 2.05) is 0 Å². The van der Waals surface area contributed by atoms with Crippen molar-refractivity contribution in [1.82, 2.24) is 10.2 Å². The van der Waals surface area contributed by atoms with E-state index in [-0.39, 0.29) is 6.04 Å². The summed E-state index contributed by atoms with van der Waals surface area (Å²) in [5.74, 6) is 0. The van der Waals surface area contributed by atoms with Crippen LogP contribution in [-0.2, 0) is 4.79 Å². The molecule has 2 fully saturated rings. The largest absolute Gasteiger partial charge is 0.313 e. The lowest BCUT2D eigenvalue weighted by atomic mass is 10.1. The van der Waals surface area contributed by atoms with Gasteiger partial charge in [-0.05, 0) is 19.8 Å². The van der Waals surface area contributed by atoms with Crippen molar-refractivity contribution in [3.8, 4) is 0 Å². The number of rotatable bonds is 2. The highest BCUT2D eigenvalue weighted by atomic mass is 16.1. The van der Waals surface area contributed by atoms with Crippen LogP contribution in [0.25, 0.3) is 0 Å². The van der Waals surface area contributed by atoms with E-state index >= 15 is 0 Å². The van der Waals surface area contributed by atoms with Gasteiger partial charge in [0.15, 0.2) is 0 Å². The van der Waals surface area contributed by atoms with Crippen LogP contribution in [0.4, 0.5) is 0 Å². The van der Waals surface area contributed by atoms with Crippen molar-refractivity contribution in [3.05, 3.63) is 0 Å². The molecule has 0 spiro atoms. The normalized spacial score (nSPS) is 38.1. The van der Waals surface area contributed by atoms with Crippen LogP contribution in [0.2, 0.25) is 0 Å². The van der Waals surface area contributed by atoms with Crippen LogP contribution < -0.4 is 5.32 Å². The molecule has 0 aromatic carbocycles. The molecule has 3 heteroatoms. The first-order valence-corrected chi connectivity index (χ1v) is 4.76. The van der Waals surface area contributed by atoms with E-state index in [1.165, 1.54) is 12.8 Å². The SMILES string of the molecule is C[C@@H]1CNCC(C=O)N1C1CC1. The molecule has 12 heavy (non-hydrogen) atoms. The molecule has 0 aromatic rings. The predicted molar refractivity (Wildman–Crippen MR) is 47.0 cm³/mol. The Hall–Kier alpha value is -0.410. The van der Waals surface area contributed by atoms with E-state index in [1.54, 1.807) is 0 Å². The Bertz CT molecular complexity index is 179. The summed E-state index contributed by atoms with van der Waals surface area (Å²) in [6, 6.07) is 1.36. The van der Waals surface area contributed by atoms with Crippen molar-refractivity contribution in [3.63, 3.8) is 0 Å². The van der Waals surface area contributed by atoms with Gasteiger partial charge in [0.05, 0.1) is 6.04 Å². The van der Waals surface area contributed by atoms with Gasteiger partial charge in [-0.15, -0.1) is 0 Å². The molecule has 1 unspecified atom stereocenters. The van der Waals surface area contributed by atoms with Crippen LogP contribution in [-0.4, -0.2) is 42.4 Å². The number of nitrogens with one attached hydrogen (secondary N) is 1. The Labute approximate surface area is 73.1 Å². The Morgan fingerprint density at radius 2 is 2.17 bits per heavy atom. The van der Waals surface area contributed by atoms with E-state index in [4.69, 9.17) is 0 Å². The Morgan fingerprint density at radius 1 is 1.42 bits per heavy atom. The minimum absolute atomic E-state index is 0.126. The third-order valence-corrected chi connectivity index (χ3v) is 2.81. The molecule has 1 N–H and O–H groups in total. The summed E-state index contributed by atoms with van der Waals surface area (Å²) in [6.07, 6.45) is 3.66. The van der Waals surface area contributed by atoms with E-state index in [0.717, 1.165) is 19.4 Å². The lowest BCUT2D eigenvalue weighted by molar-refractivity contribution is -0.114. The van der Waals surface area contributed by atoms with Gasteiger partial charge in [0.1, 0.15) is 6.29 Å². The Kier molecular flexibility index (Phi) is 2.15. The van der Waals surface area contributed by atoms with Crippen LogP contribution >= 0.6 is 0 Å². The second kappa shape index (κ2) is 3.15. The van der Waals surface area contributed by atoms with Gasteiger partial charge in [0, 0.05) is 25.2 Å². The minimum Gasteiger partial charge on any atom is -0.313 e. The highest BCUT2D eigenvalue weighted by molar-refractivity contribution is 5.58. The first kappa shape index (κ1) is 8.20. The monoisotopic (exact) mass is 168 g/mol. The van der Waals surface area contributed by atoms with Gasteiger partial charge >= 0.3 is 0 Å². The van der Waals surface area contributed by atoms with E-state index in [0.29, 0.717) is 12.1 Å². The van der Waals surface area contributed by atoms with Crippen molar-refractivity contribution < 1.29 is 4.79 Å². The average Bonchev–Trinajstić information content (AvgIpc) is 2.87. The van der Waals surface area contributed by atoms with E-state index in [2.05, 4.69) is 17.1 Å². The van der Waals surface area contributed by atoms with Crippen LogP contribution in [0.15, 0.2) is 0 Å². The van der Waals surface area contributed by atoms with Crippen molar-refractivity contribution in [1.29, 1.82) is 0 Å². The van der Waals surface area contributed by atoms with Crippen LogP contribution in [0.5, 0.6) is 0 Å². The fourth-order valence-electron chi connectivity index (χ4n) is 2.10. The first-order chi connectivity index (χ1) is 5.83. The number of aldehydes is 1. The number of piperazine rings is 1. The van der Waals surface area contributed by atoms with Crippen LogP contribution in [0.1, 0.15) is 19.8 Å². The number of carbonyl (C=O) groups is 1. The topological polar surface area (TPSA) is 32.3 Å². The van der Waals surface area contributed by atoms with Gasteiger partial charge < -0.3 is 10.1 Å². The van der Waals surface area contributed by atoms with Crippen molar-refractivity contribution in [2.45, 2.75) is 37.9 Å². The third kappa shape index (κ3) is 1.39. The molecule has 3 nitrogen and oxygen atoms in total. The fraction of sp³-hybridized carbons (Fsp3) is 0.889. The summed E-state index contributed by atoms with van der Waals surface area (Å²) >= 11 is 0. The zero-order chi connectivity index (χ0) is 8.55. The molecular formula is C9H16N2O. The summed E-state index contributed by atoms with van der Waals surface area (Å²) < 4.78 is 0. The van der Waals surface area contributed by atoms with Gasteiger partial charge in [0.25, 0.3) is 0 Å². The van der Waals surface area contributed by atoms with Gasteiger partial charge in [-0.2, -0.15) is 0 Å². The molecule has 0 bridgehead atoms. The van der Waals surface area contributed by atoms with E-state index < -0.39 is 0 Å². The molecule has 0 radical (unpaired) electrons. The lowest BCUT2D eigenvalue weighted by Crippen LogP contribution is -2.57. The number of nitrogens with zero attached hydrogens (tertiary/aromatic N) is 1. The summed E-state index contributed by atoms with van der Waals surface area (Å²) in [5.41, 5.74) is 0. The maximum absolute atomic E-state index is 10.8. The molecule has 1 aliphatic carbocycles. The number of hydrogen-bond acceptors (Lipinski definition) is 3. The third-order valence-electron chi connectivity index (χ3n) is 2.81. The Morgan fingerprint density at radius 3 is 2.75 bits per heavy atom. The zero-order valence-corrected chi connectivity index (χ0v) is 7.49. The highest BCUT2D eigenvalue weighted by Gasteiger charge is 2.38. The number of carbonyl (C=O) groups excluding carboxylic acids is 1. The number of hydrogen-bond donors (Lipinski definition) is 1. The molecule has 1 saturated heterocycles. The van der Waals surface area contributed by atoms with Crippen LogP contribution in [0, 0.1) is 0 Å². The first-order valence-electron chi connectivity index (χ1n) is 4.76. The van der Waals surface area contributed by atoms with Crippen molar-refractivity contribution in [2.75, 3.05) is 13.1 Å². The van der Waals surface area contributed by atoms with Gasteiger partial charge in [-0.1, -0.05) is 0 Å². The van der Waals surface area contributed by atoms with Gasteiger partial charge in [-0.3, -0.25) is 4.90 Å². The highest BCUT2D eigenvalue weighted by Crippen LogP contribution is 2.30. The fourth-order valence-corrected chi connectivity index (χ4v) is 2.10. The molecule has 1 saturated carbocycles. The predicted octanol–water partition coefficient (Wildman–Crippen LogP) is 0.0100. The average molecular weight is 168 g/mol. The second-order valence-corrected chi connectivity index (χ2v) is 3.89. The molecule has 1 heterocycles. The maximum Gasteiger partial charge on any atom is 0.138 e. The molecule has 1 aliphatic heterocycles. The summed E-state index contributed by atoms with van der Waals surface area (Å²) in [6.45, 7) is 4.06. The smallest absolute Gasteiger partial charge is 0.138 e. The molecule has 68 valence electrons. The molecule has 0 amide bonds. The molecular weight excluding hydrogens is 152 g/mol. The summed E-state index contributed by atoms with van der Waals surface area (Å²) in [5, 5.41) is 3.28. The van der Waals surface area contributed by atoms with Crippen molar-refractivity contribution in [2.24, 2.45) is 0 Å². The molecule has 2 aliphatic rings. The van der Waals surface area contributed by atoms with Gasteiger partial charge in [-0.25, -0.2) is 0 Å². The molecule has 0 aromatic heterocycles. The van der Waals surface area contributed by atoms with Crippen molar-refractivity contribution >= 4 is 6.29 Å². The van der Waals surface area contributed by atoms with Gasteiger partial charge in [0.2, 0.25) is 0 Å². The Balaban J connectivity index is 2.04. The summed E-state index contributed by atoms with van der Waals surface area (Å²) in [7, 11) is 0. The van der Waals surface area contributed by atoms with E-state index in [9.17, 15) is 4.79 Å². The standard InChI is InChI=1S/C9H16N2O/c1-7-4-10-5-9(6-12)11(7)8-2-3-8/h6-10H,2-5H2,1H3/t7-,9?/m1/s1.